The van der Waals surface area contributed by atoms with E-state index in [0.29, 0.717) is 17.9 Å². The van der Waals surface area contributed by atoms with Gasteiger partial charge in [0.2, 0.25) is 5.76 Å². The fraction of sp³-hybridized carbons (Fsp3) is 0.267. The van der Waals surface area contributed by atoms with E-state index < -0.39 is 5.97 Å². The van der Waals surface area contributed by atoms with Gasteiger partial charge in [-0.15, -0.1) is 0 Å². The Kier molecular flexibility index (Phi) is 4.53. The van der Waals surface area contributed by atoms with E-state index in [4.69, 9.17) is 4.42 Å². The number of rotatable bonds is 5. The van der Waals surface area contributed by atoms with E-state index in [-0.39, 0.29) is 17.6 Å². The highest BCUT2D eigenvalue weighted by atomic mass is 19.1. The second-order valence-electron chi connectivity index (χ2n) is 4.38. The first-order valence-electron chi connectivity index (χ1n) is 6.26. The van der Waals surface area contributed by atoms with Gasteiger partial charge in [0.1, 0.15) is 11.6 Å². The lowest BCUT2D eigenvalue weighted by molar-refractivity contribution is 0.0563. The Balaban J connectivity index is 1.97. The van der Waals surface area contributed by atoms with Crippen molar-refractivity contribution in [2.45, 2.75) is 19.5 Å². The molecule has 1 aromatic heterocycles. The molecule has 2 aromatic rings. The van der Waals surface area contributed by atoms with Gasteiger partial charge in [0, 0.05) is 11.6 Å². The Labute approximate surface area is 116 Å². The van der Waals surface area contributed by atoms with Crippen LogP contribution in [0.3, 0.4) is 0 Å². The highest BCUT2D eigenvalue weighted by Gasteiger charge is 2.13. The van der Waals surface area contributed by atoms with Crippen LogP contribution in [0.15, 0.2) is 40.8 Å². The van der Waals surface area contributed by atoms with Crippen molar-refractivity contribution in [3.8, 4) is 0 Å². The molecule has 20 heavy (non-hydrogen) atoms. The predicted octanol–water partition coefficient (Wildman–Crippen LogP) is 3.06. The van der Waals surface area contributed by atoms with Crippen molar-refractivity contribution in [3.05, 3.63) is 59.3 Å². The number of carbonyl (C=O) groups excluding carboxylic acids is 1. The molecular weight excluding hydrogens is 261 g/mol. The molecule has 0 aliphatic carbocycles. The van der Waals surface area contributed by atoms with Crippen molar-refractivity contribution in [1.82, 2.24) is 5.32 Å². The Morgan fingerprint density at radius 2 is 2.10 bits per heavy atom. The molecule has 1 heterocycles. The quantitative estimate of drug-likeness (QED) is 0.853. The molecule has 0 aliphatic rings. The summed E-state index contributed by atoms with van der Waals surface area (Å²) < 4.78 is 23.5. The highest BCUT2D eigenvalue weighted by Crippen LogP contribution is 2.17. The van der Waals surface area contributed by atoms with E-state index >= 15 is 0 Å². The van der Waals surface area contributed by atoms with Gasteiger partial charge in [-0.2, -0.15) is 0 Å². The van der Waals surface area contributed by atoms with E-state index in [2.05, 4.69) is 10.1 Å². The van der Waals surface area contributed by atoms with Gasteiger partial charge >= 0.3 is 5.97 Å². The van der Waals surface area contributed by atoms with E-state index in [1.54, 1.807) is 30.3 Å². The molecule has 1 aromatic carbocycles. The lowest BCUT2D eigenvalue weighted by Crippen LogP contribution is -2.18. The number of hydrogen-bond donors (Lipinski definition) is 1. The van der Waals surface area contributed by atoms with Crippen molar-refractivity contribution in [3.63, 3.8) is 0 Å². The summed E-state index contributed by atoms with van der Waals surface area (Å²) in [5, 5.41) is 3.14. The molecule has 5 heteroatoms. The molecule has 106 valence electrons. The lowest BCUT2D eigenvalue weighted by Gasteiger charge is -2.13. The Bertz CT molecular complexity index is 594. The van der Waals surface area contributed by atoms with E-state index in [0.717, 1.165) is 0 Å². The molecule has 0 radical (unpaired) electrons. The third-order valence-electron chi connectivity index (χ3n) is 3.00. The van der Waals surface area contributed by atoms with Crippen LogP contribution in [0.5, 0.6) is 0 Å². The number of benzene rings is 1. The van der Waals surface area contributed by atoms with E-state index in [1.165, 1.54) is 13.2 Å². The maximum Gasteiger partial charge on any atom is 0.373 e. The zero-order valence-electron chi connectivity index (χ0n) is 11.4. The van der Waals surface area contributed by atoms with Crippen LogP contribution in [0.1, 0.15) is 34.8 Å². The van der Waals surface area contributed by atoms with Crippen molar-refractivity contribution in [2.75, 3.05) is 7.11 Å². The first kappa shape index (κ1) is 14.3. The number of methoxy groups -OCH3 is 1. The lowest BCUT2D eigenvalue weighted by atomic mass is 10.1. The van der Waals surface area contributed by atoms with E-state index in [9.17, 15) is 9.18 Å². The minimum Gasteiger partial charge on any atom is -0.463 e. The number of carbonyl (C=O) groups is 1. The summed E-state index contributed by atoms with van der Waals surface area (Å²) in [6, 6.07) is 9.68. The minimum absolute atomic E-state index is 0.155. The van der Waals surface area contributed by atoms with Gasteiger partial charge in [0.05, 0.1) is 13.7 Å². The summed E-state index contributed by atoms with van der Waals surface area (Å²) in [5.74, 6) is -0.0166. The summed E-state index contributed by atoms with van der Waals surface area (Å²) in [7, 11) is 1.29. The topological polar surface area (TPSA) is 51.5 Å². The molecule has 0 saturated carbocycles. The molecule has 0 spiro atoms. The van der Waals surface area contributed by atoms with Gasteiger partial charge in [-0.05, 0) is 25.1 Å². The van der Waals surface area contributed by atoms with Crippen molar-refractivity contribution >= 4 is 5.97 Å². The molecule has 0 saturated heterocycles. The molecule has 4 nitrogen and oxygen atoms in total. The minimum atomic E-state index is -0.515. The molecule has 0 bridgehead atoms. The number of nitrogens with one attached hydrogen (secondary N) is 1. The summed E-state index contributed by atoms with van der Waals surface area (Å²) in [6.45, 7) is 2.26. The Morgan fingerprint density at radius 1 is 1.35 bits per heavy atom. The van der Waals surface area contributed by atoms with Crippen LogP contribution in [0.2, 0.25) is 0 Å². The summed E-state index contributed by atoms with van der Waals surface area (Å²) in [4.78, 5) is 11.2. The number of hydrogen-bond acceptors (Lipinski definition) is 4. The van der Waals surface area contributed by atoms with Gasteiger partial charge in [0.25, 0.3) is 0 Å². The van der Waals surface area contributed by atoms with Gasteiger partial charge in [-0.25, -0.2) is 9.18 Å². The predicted molar refractivity (Wildman–Crippen MR) is 71.7 cm³/mol. The molecule has 0 amide bonds. The summed E-state index contributed by atoms with van der Waals surface area (Å²) in [6.07, 6.45) is 0. The first-order valence-corrected chi connectivity index (χ1v) is 6.26. The van der Waals surface area contributed by atoms with E-state index in [1.807, 2.05) is 6.92 Å². The SMILES string of the molecule is COC(=O)c1ccc(CNC(C)c2ccccc2F)o1. The molecular formula is C15H16FNO3. The normalized spacial score (nSPS) is 12.2. The second kappa shape index (κ2) is 6.34. The van der Waals surface area contributed by atoms with Crippen LogP contribution < -0.4 is 5.32 Å². The first-order chi connectivity index (χ1) is 9.61. The Morgan fingerprint density at radius 3 is 2.80 bits per heavy atom. The summed E-state index contributed by atoms with van der Waals surface area (Å²) >= 11 is 0. The molecule has 0 aliphatic heterocycles. The van der Waals surface area contributed by atoms with Crippen molar-refractivity contribution in [1.29, 1.82) is 0 Å². The van der Waals surface area contributed by atoms with Crippen LogP contribution in [-0.2, 0) is 11.3 Å². The largest absolute Gasteiger partial charge is 0.463 e. The number of furan rings is 1. The van der Waals surface area contributed by atoms with Gasteiger partial charge in [0.15, 0.2) is 0 Å². The summed E-state index contributed by atoms with van der Waals surface area (Å²) in [5.41, 5.74) is 0.590. The Hall–Kier alpha value is -2.14. The third-order valence-corrected chi connectivity index (χ3v) is 3.00. The fourth-order valence-corrected chi connectivity index (χ4v) is 1.87. The van der Waals surface area contributed by atoms with Crippen LogP contribution in [0, 0.1) is 5.82 Å². The molecule has 1 N–H and O–H groups in total. The maximum absolute atomic E-state index is 13.6. The molecule has 1 atom stereocenters. The van der Waals surface area contributed by atoms with Crippen LogP contribution in [0.4, 0.5) is 4.39 Å². The average molecular weight is 277 g/mol. The van der Waals surface area contributed by atoms with Gasteiger partial charge in [-0.3, -0.25) is 0 Å². The smallest absolute Gasteiger partial charge is 0.373 e. The highest BCUT2D eigenvalue weighted by molar-refractivity contribution is 5.86. The standard InChI is InChI=1S/C15H16FNO3/c1-10(12-5-3-4-6-13(12)16)17-9-11-7-8-14(20-11)15(18)19-2/h3-8,10,17H,9H2,1-2H3. The van der Waals surface area contributed by atoms with Crippen LogP contribution in [0.25, 0.3) is 0 Å². The second-order valence-corrected chi connectivity index (χ2v) is 4.38. The average Bonchev–Trinajstić information content (AvgIpc) is 2.93. The number of ether oxygens (including phenoxy) is 1. The number of esters is 1. The third kappa shape index (κ3) is 3.24. The molecule has 1 unspecified atom stereocenters. The van der Waals surface area contributed by atoms with Gasteiger partial charge < -0.3 is 14.5 Å². The van der Waals surface area contributed by atoms with Crippen LogP contribution >= 0.6 is 0 Å². The van der Waals surface area contributed by atoms with Crippen molar-refractivity contribution in [2.24, 2.45) is 0 Å². The monoisotopic (exact) mass is 277 g/mol. The van der Waals surface area contributed by atoms with Gasteiger partial charge in [-0.1, -0.05) is 18.2 Å². The van der Waals surface area contributed by atoms with Crippen molar-refractivity contribution < 1.29 is 18.3 Å². The zero-order valence-corrected chi connectivity index (χ0v) is 11.4. The number of halogens is 1. The molecule has 0 fully saturated rings. The fourth-order valence-electron chi connectivity index (χ4n) is 1.87. The molecule has 2 rings (SSSR count). The zero-order chi connectivity index (χ0) is 14.5. The maximum atomic E-state index is 13.6. The van der Waals surface area contributed by atoms with Crippen LogP contribution in [-0.4, -0.2) is 13.1 Å².